The predicted octanol–water partition coefficient (Wildman–Crippen LogP) is 1.90. The number of rotatable bonds is 8. The monoisotopic (exact) mass is 363 g/mol. The number of halogens is 1. The van der Waals surface area contributed by atoms with Gasteiger partial charge in [0.25, 0.3) is 5.91 Å². The van der Waals surface area contributed by atoms with Gasteiger partial charge >= 0.3 is 6.03 Å². The zero-order valence-electron chi connectivity index (χ0n) is 14.0. The number of carbonyl (C=O) groups is 2. The molecule has 0 radical (unpaired) electrons. The van der Waals surface area contributed by atoms with Crippen molar-refractivity contribution in [2.24, 2.45) is 5.92 Å². The molecule has 2 aromatic rings. The van der Waals surface area contributed by atoms with E-state index in [0.717, 1.165) is 6.54 Å². The van der Waals surface area contributed by atoms with Gasteiger partial charge in [0.1, 0.15) is 0 Å². The highest BCUT2D eigenvalue weighted by Gasteiger charge is 2.09. The lowest BCUT2D eigenvalue weighted by molar-refractivity contribution is 0.0954. The summed E-state index contributed by atoms with van der Waals surface area (Å²) in [6, 6.07) is 8.42. The van der Waals surface area contributed by atoms with Crippen LogP contribution < -0.4 is 16.0 Å². The quantitative estimate of drug-likeness (QED) is 0.626. The van der Waals surface area contributed by atoms with E-state index in [1.54, 1.807) is 30.5 Å². The van der Waals surface area contributed by atoms with Crippen molar-refractivity contribution >= 4 is 23.5 Å². The third kappa shape index (κ3) is 6.46. The lowest BCUT2D eigenvalue weighted by Crippen LogP contribution is -2.42. The van der Waals surface area contributed by atoms with Crippen molar-refractivity contribution in [2.45, 2.75) is 13.5 Å². The van der Waals surface area contributed by atoms with E-state index >= 15 is 0 Å². The van der Waals surface area contributed by atoms with Gasteiger partial charge in [-0.2, -0.15) is 5.10 Å². The molecule has 1 aromatic carbocycles. The lowest BCUT2D eigenvalue weighted by atomic mass is 10.2. The summed E-state index contributed by atoms with van der Waals surface area (Å²) >= 11 is 5.96. The van der Waals surface area contributed by atoms with E-state index in [9.17, 15) is 9.59 Å². The summed E-state index contributed by atoms with van der Waals surface area (Å²) < 4.78 is 1.83. The van der Waals surface area contributed by atoms with Gasteiger partial charge in [0.05, 0.1) is 10.6 Å². The normalized spacial score (nSPS) is 11.6. The van der Waals surface area contributed by atoms with Crippen LogP contribution in [0.2, 0.25) is 5.02 Å². The molecule has 0 fully saturated rings. The number of nitrogens with zero attached hydrogens (tertiary/aromatic N) is 2. The summed E-state index contributed by atoms with van der Waals surface area (Å²) in [5, 5.41) is 12.7. The molecule has 0 aliphatic carbocycles. The van der Waals surface area contributed by atoms with Crippen LogP contribution in [-0.2, 0) is 6.54 Å². The number of benzene rings is 1. The molecule has 1 atom stereocenters. The summed E-state index contributed by atoms with van der Waals surface area (Å²) in [5.41, 5.74) is 0.418. The van der Waals surface area contributed by atoms with Crippen LogP contribution in [0.5, 0.6) is 0 Å². The lowest BCUT2D eigenvalue weighted by Gasteiger charge is -2.13. The van der Waals surface area contributed by atoms with Crippen LogP contribution in [0.25, 0.3) is 0 Å². The van der Waals surface area contributed by atoms with Crippen LogP contribution in [0.15, 0.2) is 42.7 Å². The van der Waals surface area contributed by atoms with E-state index in [0.29, 0.717) is 30.2 Å². The summed E-state index contributed by atoms with van der Waals surface area (Å²) in [5.74, 6) is -0.00812. The van der Waals surface area contributed by atoms with Gasteiger partial charge in [-0.25, -0.2) is 4.79 Å². The molecule has 1 aromatic heterocycles. The molecule has 0 aliphatic rings. The van der Waals surface area contributed by atoms with Crippen LogP contribution in [-0.4, -0.2) is 41.4 Å². The van der Waals surface area contributed by atoms with Gasteiger partial charge in [0.15, 0.2) is 0 Å². The molecule has 0 bridgehead atoms. The molecule has 0 saturated heterocycles. The molecular formula is C17H22ClN5O2. The van der Waals surface area contributed by atoms with Crippen molar-refractivity contribution in [3.8, 4) is 0 Å². The molecule has 2 rings (SSSR count). The molecule has 3 amide bonds. The van der Waals surface area contributed by atoms with Crippen molar-refractivity contribution in [1.29, 1.82) is 0 Å². The van der Waals surface area contributed by atoms with Crippen molar-refractivity contribution in [1.82, 2.24) is 25.7 Å². The van der Waals surface area contributed by atoms with Gasteiger partial charge in [-0.3, -0.25) is 9.48 Å². The first-order valence-corrected chi connectivity index (χ1v) is 8.46. The highest BCUT2D eigenvalue weighted by molar-refractivity contribution is 6.33. The fourth-order valence-electron chi connectivity index (χ4n) is 2.21. The Balaban J connectivity index is 1.59. The van der Waals surface area contributed by atoms with Crippen molar-refractivity contribution in [3.05, 3.63) is 53.3 Å². The average Bonchev–Trinajstić information content (AvgIpc) is 3.10. The molecule has 0 saturated carbocycles. The summed E-state index contributed by atoms with van der Waals surface area (Å²) in [4.78, 5) is 23.7. The Morgan fingerprint density at radius 2 is 1.92 bits per heavy atom. The second-order valence-electron chi connectivity index (χ2n) is 5.71. The molecule has 0 aliphatic heterocycles. The second-order valence-corrected chi connectivity index (χ2v) is 6.11. The summed E-state index contributed by atoms with van der Waals surface area (Å²) in [6.07, 6.45) is 3.61. The Bertz CT molecular complexity index is 690. The molecular weight excluding hydrogens is 342 g/mol. The van der Waals surface area contributed by atoms with Gasteiger partial charge in [-0.15, -0.1) is 0 Å². The number of nitrogens with one attached hydrogen (secondary N) is 3. The minimum Gasteiger partial charge on any atom is -0.350 e. The zero-order chi connectivity index (χ0) is 18.1. The van der Waals surface area contributed by atoms with Crippen molar-refractivity contribution in [2.75, 3.05) is 19.6 Å². The number of urea groups is 1. The fourth-order valence-corrected chi connectivity index (χ4v) is 2.44. The number of aromatic nitrogens is 2. The standard InChI is InChI=1S/C17H22ClN5O2/c1-13(12-23-10-4-7-22-23)11-21-17(25)20-9-8-19-16(24)14-5-2-3-6-15(14)18/h2-7,10,13H,8-9,11-12H2,1H3,(H,19,24)(H2,20,21,25). The molecule has 1 heterocycles. The third-order valence-corrected chi connectivity index (χ3v) is 3.81. The molecule has 1 unspecified atom stereocenters. The number of amides is 3. The second kappa shape index (κ2) is 9.68. The van der Waals surface area contributed by atoms with Crippen molar-refractivity contribution < 1.29 is 9.59 Å². The highest BCUT2D eigenvalue weighted by Crippen LogP contribution is 2.14. The molecule has 0 spiro atoms. The molecule has 3 N–H and O–H groups in total. The van der Waals surface area contributed by atoms with Gasteiger partial charge in [0.2, 0.25) is 0 Å². The SMILES string of the molecule is CC(CNC(=O)NCCNC(=O)c1ccccc1Cl)Cn1cccn1. The maximum Gasteiger partial charge on any atom is 0.314 e. The summed E-state index contributed by atoms with van der Waals surface area (Å²) in [6.45, 7) is 3.96. The van der Waals surface area contributed by atoms with Crippen molar-refractivity contribution in [3.63, 3.8) is 0 Å². The van der Waals surface area contributed by atoms with Crippen LogP contribution in [0.4, 0.5) is 4.79 Å². The minimum absolute atomic E-state index is 0.255. The largest absolute Gasteiger partial charge is 0.350 e. The Labute approximate surface area is 151 Å². The maximum atomic E-state index is 11.9. The Morgan fingerprint density at radius 1 is 1.16 bits per heavy atom. The number of carbonyl (C=O) groups excluding carboxylic acids is 2. The molecule has 8 heteroatoms. The van der Waals surface area contributed by atoms with E-state index in [1.807, 2.05) is 23.9 Å². The number of hydrogen-bond donors (Lipinski definition) is 3. The highest BCUT2D eigenvalue weighted by atomic mass is 35.5. The van der Waals surface area contributed by atoms with Gasteiger partial charge in [0, 0.05) is 38.6 Å². The van der Waals surface area contributed by atoms with E-state index in [2.05, 4.69) is 21.0 Å². The average molecular weight is 364 g/mol. The topological polar surface area (TPSA) is 88.0 Å². The third-order valence-electron chi connectivity index (χ3n) is 3.48. The molecule has 25 heavy (non-hydrogen) atoms. The Morgan fingerprint density at radius 3 is 2.64 bits per heavy atom. The van der Waals surface area contributed by atoms with E-state index < -0.39 is 0 Å². The minimum atomic E-state index is -0.265. The first-order valence-electron chi connectivity index (χ1n) is 8.08. The van der Waals surface area contributed by atoms with Gasteiger partial charge in [-0.1, -0.05) is 30.7 Å². The first-order chi connectivity index (χ1) is 12.1. The van der Waals surface area contributed by atoms with E-state index in [1.165, 1.54) is 0 Å². The fraction of sp³-hybridized carbons (Fsp3) is 0.353. The zero-order valence-corrected chi connectivity index (χ0v) is 14.8. The predicted molar refractivity (Wildman–Crippen MR) is 96.6 cm³/mol. The van der Waals surface area contributed by atoms with Crippen LogP contribution in [0.3, 0.4) is 0 Å². The summed E-state index contributed by atoms with van der Waals surface area (Å²) in [7, 11) is 0. The van der Waals surface area contributed by atoms with Gasteiger partial charge < -0.3 is 16.0 Å². The maximum absolute atomic E-state index is 11.9. The molecule has 134 valence electrons. The smallest absolute Gasteiger partial charge is 0.314 e. The van der Waals surface area contributed by atoms with E-state index in [4.69, 9.17) is 11.6 Å². The van der Waals surface area contributed by atoms with Crippen LogP contribution in [0, 0.1) is 5.92 Å². The van der Waals surface area contributed by atoms with Crippen LogP contribution >= 0.6 is 11.6 Å². The number of hydrogen-bond acceptors (Lipinski definition) is 3. The Hall–Kier alpha value is -2.54. The molecule has 7 nitrogen and oxygen atoms in total. The van der Waals surface area contributed by atoms with E-state index in [-0.39, 0.29) is 17.9 Å². The Kier molecular flexibility index (Phi) is 7.28. The van der Waals surface area contributed by atoms with Crippen LogP contribution in [0.1, 0.15) is 17.3 Å². The first kappa shape index (κ1) is 18.8. The van der Waals surface area contributed by atoms with Gasteiger partial charge in [-0.05, 0) is 24.1 Å².